The molecule has 2 amide bonds. The summed E-state index contributed by atoms with van der Waals surface area (Å²) in [4.78, 5) is 25.9. The molecule has 1 unspecified atom stereocenters. The summed E-state index contributed by atoms with van der Waals surface area (Å²) in [6, 6.07) is 13.9. The minimum Gasteiger partial charge on any atom is -0.356 e. The predicted octanol–water partition coefficient (Wildman–Crippen LogP) is 3.45. The van der Waals surface area contributed by atoms with Crippen LogP contribution >= 0.6 is 0 Å². The molecule has 1 heterocycles. The van der Waals surface area contributed by atoms with Gasteiger partial charge in [0.15, 0.2) is 0 Å². The highest BCUT2D eigenvalue weighted by molar-refractivity contribution is 5.81. The number of amides is 2. The Morgan fingerprint density at radius 3 is 2.62 bits per heavy atom. The Morgan fingerprint density at radius 1 is 1.12 bits per heavy atom. The summed E-state index contributed by atoms with van der Waals surface area (Å²) < 4.78 is 13.6. The molecule has 0 radical (unpaired) electrons. The van der Waals surface area contributed by atoms with E-state index in [1.807, 2.05) is 30.3 Å². The van der Waals surface area contributed by atoms with Gasteiger partial charge in [-0.1, -0.05) is 42.5 Å². The number of nitrogens with one attached hydrogen (secondary N) is 1. The largest absolute Gasteiger partial charge is 0.356 e. The van der Waals surface area contributed by atoms with Gasteiger partial charge < -0.3 is 10.2 Å². The molecular weight excluding hydrogens is 331 g/mol. The van der Waals surface area contributed by atoms with Gasteiger partial charge in [-0.3, -0.25) is 9.59 Å². The number of hydrogen-bond acceptors (Lipinski definition) is 2. The molecule has 0 aromatic heterocycles. The number of nitrogens with zero attached hydrogens (tertiary/aromatic N) is 1. The van der Waals surface area contributed by atoms with Gasteiger partial charge in [0, 0.05) is 19.7 Å². The van der Waals surface area contributed by atoms with E-state index in [9.17, 15) is 14.0 Å². The van der Waals surface area contributed by atoms with Crippen LogP contribution in [0.2, 0.25) is 0 Å². The zero-order valence-corrected chi connectivity index (χ0v) is 14.6. The average Bonchev–Trinajstić information content (AvgIpc) is 2.63. The minimum atomic E-state index is -0.331. The van der Waals surface area contributed by atoms with Gasteiger partial charge in [-0.25, -0.2) is 4.39 Å². The lowest BCUT2D eigenvalue weighted by molar-refractivity contribution is -0.129. The zero-order valence-electron chi connectivity index (χ0n) is 14.6. The third kappa shape index (κ3) is 3.99. The second-order valence-electron chi connectivity index (χ2n) is 6.28. The molecule has 2 aromatic carbocycles. The summed E-state index contributed by atoms with van der Waals surface area (Å²) >= 11 is 0. The third-order valence-corrected chi connectivity index (χ3v) is 4.52. The number of benzene rings is 2. The molecule has 1 aliphatic heterocycles. The van der Waals surface area contributed by atoms with E-state index in [0.29, 0.717) is 18.5 Å². The first-order valence-corrected chi connectivity index (χ1v) is 8.62. The van der Waals surface area contributed by atoms with Crippen molar-refractivity contribution in [2.45, 2.75) is 25.8 Å². The zero-order chi connectivity index (χ0) is 18.5. The summed E-state index contributed by atoms with van der Waals surface area (Å²) in [7, 11) is 0. The van der Waals surface area contributed by atoms with Crippen LogP contribution in [0.15, 0.2) is 54.7 Å². The lowest BCUT2D eigenvalue weighted by Gasteiger charge is -2.32. The van der Waals surface area contributed by atoms with Crippen LogP contribution in [0.1, 0.15) is 36.1 Å². The molecule has 0 saturated heterocycles. The second-order valence-corrected chi connectivity index (χ2v) is 6.28. The normalized spacial score (nSPS) is 15.5. The second kappa shape index (κ2) is 7.95. The highest BCUT2D eigenvalue weighted by atomic mass is 19.1. The molecule has 1 aliphatic rings. The summed E-state index contributed by atoms with van der Waals surface area (Å²) in [5, 5.41) is 2.83. The maximum atomic E-state index is 13.6. The van der Waals surface area contributed by atoms with E-state index in [1.54, 1.807) is 29.3 Å². The van der Waals surface area contributed by atoms with E-state index >= 15 is 0 Å². The predicted molar refractivity (Wildman–Crippen MR) is 98.5 cm³/mol. The van der Waals surface area contributed by atoms with Crippen LogP contribution in [0.4, 0.5) is 4.39 Å². The van der Waals surface area contributed by atoms with Crippen molar-refractivity contribution in [1.29, 1.82) is 0 Å². The molecule has 26 heavy (non-hydrogen) atoms. The number of halogens is 1. The molecule has 0 aliphatic carbocycles. The van der Waals surface area contributed by atoms with E-state index in [-0.39, 0.29) is 30.1 Å². The van der Waals surface area contributed by atoms with Gasteiger partial charge in [-0.05, 0) is 35.3 Å². The van der Waals surface area contributed by atoms with Crippen LogP contribution < -0.4 is 5.32 Å². The van der Waals surface area contributed by atoms with E-state index in [0.717, 1.165) is 11.1 Å². The van der Waals surface area contributed by atoms with E-state index in [4.69, 9.17) is 0 Å². The SMILES string of the molecule is CC(=O)N1C=Cc2ccccc2C1CC(=O)NCCc1ccccc1F. The lowest BCUT2D eigenvalue weighted by Crippen LogP contribution is -2.35. The van der Waals surface area contributed by atoms with Crippen molar-refractivity contribution < 1.29 is 14.0 Å². The number of carbonyl (C=O) groups excluding carboxylic acids is 2. The Morgan fingerprint density at radius 2 is 1.85 bits per heavy atom. The molecule has 0 bridgehead atoms. The number of rotatable bonds is 5. The number of carbonyl (C=O) groups is 2. The monoisotopic (exact) mass is 352 g/mol. The Balaban J connectivity index is 1.64. The van der Waals surface area contributed by atoms with Crippen molar-refractivity contribution in [1.82, 2.24) is 10.2 Å². The molecule has 0 fully saturated rings. The van der Waals surface area contributed by atoms with Crippen molar-refractivity contribution in [2.75, 3.05) is 6.54 Å². The molecule has 4 nitrogen and oxygen atoms in total. The first kappa shape index (κ1) is 17.9. The molecule has 1 N–H and O–H groups in total. The summed E-state index contributed by atoms with van der Waals surface area (Å²) in [5.74, 6) is -0.543. The number of fused-ring (bicyclic) bond motifs is 1. The lowest BCUT2D eigenvalue weighted by atomic mass is 9.93. The highest BCUT2D eigenvalue weighted by Crippen LogP contribution is 2.32. The molecular formula is C21H21FN2O2. The van der Waals surface area contributed by atoms with Crippen molar-refractivity contribution >= 4 is 17.9 Å². The fourth-order valence-corrected chi connectivity index (χ4v) is 3.20. The molecule has 2 aromatic rings. The Bertz CT molecular complexity index is 847. The summed E-state index contributed by atoms with van der Waals surface area (Å²) in [6.45, 7) is 1.84. The molecule has 5 heteroatoms. The highest BCUT2D eigenvalue weighted by Gasteiger charge is 2.27. The van der Waals surface area contributed by atoms with Gasteiger partial charge >= 0.3 is 0 Å². The Labute approximate surface area is 152 Å². The Hall–Kier alpha value is -2.95. The van der Waals surface area contributed by atoms with Crippen LogP contribution in [-0.2, 0) is 16.0 Å². The fraction of sp³-hybridized carbons (Fsp3) is 0.238. The average molecular weight is 352 g/mol. The molecule has 134 valence electrons. The first-order valence-electron chi connectivity index (χ1n) is 8.62. The van der Waals surface area contributed by atoms with Crippen molar-refractivity contribution in [3.63, 3.8) is 0 Å². The fourth-order valence-electron chi connectivity index (χ4n) is 3.20. The van der Waals surface area contributed by atoms with Crippen molar-refractivity contribution in [3.8, 4) is 0 Å². The van der Waals surface area contributed by atoms with Gasteiger partial charge in [0.05, 0.1) is 12.5 Å². The molecule has 0 spiro atoms. The topological polar surface area (TPSA) is 49.4 Å². The summed E-state index contributed by atoms with van der Waals surface area (Å²) in [6.07, 6.45) is 4.19. The van der Waals surface area contributed by atoms with Gasteiger partial charge in [0.1, 0.15) is 5.82 Å². The Kier molecular flexibility index (Phi) is 5.46. The van der Waals surface area contributed by atoms with Gasteiger partial charge in [0.25, 0.3) is 0 Å². The van der Waals surface area contributed by atoms with Crippen molar-refractivity contribution in [2.24, 2.45) is 0 Å². The smallest absolute Gasteiger partial charge is 0.223 e. The van der Waals surface area contributed by atoms with Crippen molar-refractivity contribution in [3.05, 3.63) is 77.2 Å². The van der Waals surface area contributed by atoms with E-state index in [2.05, 4.69) is 5.32 Å². The third-order valence-electron chi connectivity index (χ3n) is 4.52. The van der Waals surface area contributed by atoms with E-state index in [1.165, 1.54) is 13.0 Å². The van der Waals surface area contributed by atoms with Gasteiger partial charge in [-0.15, -0.1) is 0 Å². The van der Waals surface area contributed by atoms with E-state index < -0.39 is 0 Å². The van der Waals surface area contributed by atoms with Gasteiger partial charge in [0.2, 0.25) is 11.8 Å². The molecule has 1 atom stereocenters. The minimum absolute atomic E-state index is 0.111. The van der Waals surface area contributed by atoms with Crippen LogP contribution in [0.5, 0.6) is 0 Å². The van der Waals surface area contributed by atoms with Crippen LogP contribution in [-0.4, -0.2) is 23.3 Å². The van der Waals surface area contributed by atoms with Crippen LogP contribution in [0.3, 0.4) is 0 Å². The molecule has 0 saturated carbocycles. The van der Waals surface area contributed by atoms with Crippen LogP contribution in [0, 0.1) is 5.82 Å². The molecule has 3 rings (SSSR count). The first-order chi connectivity index (χ1) is 12.6. The standard InChI is InChI=1S/C21H21FN2O2/c1-15(25)24-13-11-16-6-2-4-8-18(16)20(24)14-21(26)23-12-10-17-7-3-5-9-19(17)22/h2-9,11,13,20H,10,12,14H2,1H3,(H,23,26). The number of hydrogen-bond donors (Lipinski definition) is 1. The maximum Gasteiger partial charge on any atom is 0.223 e. The quantitative estimate of drug-likeness (QED) is 0.896. The van der Waals surface area contributed by atoms with Gasteiger partial charge in [-0.2, -0.15) is 0 Å². The van der Waals surface area contributed by atoms with Crippen LogP contribution in [0.25, 0.3) is 6.08 Å². The summed E-state index contributed by atoms with van der Waals surface area (Å²) in [5.41, 5.74) is 2.53. The maximum absolute atomic E-state index is 13.6.